The molecule has 0 unspecified atom stereocenters. The van der Waals surface area contributed by atoms with Crippen LogP contribution in [0.4, 0.5) is 13.6 Å². The molecule has 3 N–H and O–H groups in total. The molecule has 0 radical (unpaired) electrons. The molecule has 1 atom stereocenters. The first-order chi connectivity index (χ1) is 11.8. The third kappa shape index (κ3) is 4.24. The largest absolute Gasteiger partial charge is 0.510 e. The molecule has 25 heavy (non-hydrogen) atoms. The molecule has 0 aromatic carbocycles. The summed E-state index contributed by atoms with van der Waals surface area (Å²) in [6, 6.07) is -0.948. The number of allylic oxidation sites excluding steroid dienone is 1. The molecular weight excluding hydrogens is 344 g/mol. The Bertz CT molecular complexity index is 634. The second-order valence-electron chi connectivity index (χ2n) is 5.31. The Labute approximate surface area is 141 Å². The summed E-state index contributed by atoms with van der Waals surface area (Å²) in [5.41, 5.74) is 1.64. The maximum absolute atomic E-state index is 13.6. The molecule has 0 spiro atoms. The van der Waals surface area contributed by atoms with Gasteiger partial charge in [0.2, 0.25) is 18.3 Å². The Kier molecular flexibility index (Phi) is 5.57. The Hall–Kier alpha value is -2.69. The van der Waals surface area contributed by atoms with Crippen LogP contribution in [0.2, 0.25) is 0 Å². The normalized spacial score (nSPS) is 26.9. The molecule has 0 aliphatic carbocycles. The summed E-state index contributed by atoms with van der Waals surface area (Å²) in [6.45, 7) is -0.923. The molecule has 0 aromatic heterocycles. The van der Waals surface area contributed by atoms with E-state index in [1.165, 1.54) is 11.0 Å². The van der Waals surface area contributed by atoms with Crippen LogP contribution >= 0.6 is 0 Å². The van der Waals surface area contributed by atoms with Crippen LogP contribution in [0.25, 0.3) is 0 Å². The van der Waals surface area contributed by atoms with E-state index in [0.29, 0.717) is 0 Å². The Morgan fingerprint density at radius 2 is 2.20 bits per heavy atom. The minimum absolute atomic E-state index is 0.216. The average Bonchev–Trinajstić information content (AvgIpc) is 2.56. The highest BCUT2D eigenvalue weighted by Gasteiger charge is 2.43. The van der Waals surface area contributed by atoms with Gasteiger partial charge in [-0.2, -0.15) is 0 Å². The number of hydrogen-bond acceptors (Lipinski definition) is 8. The number of nitrogens with two attached hydrogens (primary N) is 1. The fourth-order valence-corrected chi connectivity index (χ4v) is 2.50. The minimum Gasteiger partial charge on any atom is -0.451 e. The number of nitrogens with zero attached hydrogens (tertiary/aromatic N) is 1. The van der Waals surface area contributed by atoms with Crippen LogP contribution in [-0.2, 0) is 23.8 Å². The second-order valence-corrected chi connectivity index (χ2v) is 5.31. The molecular formula is C14H17F2N3O6. The maximum atomic E-state index is 13.6. The van der Waals surface area contributed by atoms with Gasteiger partial charge >= 0.3 is 6.16 Å². The van der Waals surface area contributed by atoms with Crippen LogP contribution in [0.5, 0.6) is 0 Å². The number of carbonyl (C=O) groups is 3. The summed E-state index contributed by atoms with van der Waals surface area (Å²) >= 11 is 0. The number of carbonyl (C=O) groups excluding carboxylic acids is 3. The molecule has 1 saturated heterocycles. The highest BCUT2D eigenvalue weighted by atomic mass is 19.3. The first kappa shape index (κ1) is 18.6. The van der Waals surface area contributed by atoms with Crippen LogP contribution in [0, 0.1) is 0 Å². The van der Waals surface area contributed by atoms with Gasteiger partial charge < -0.3 is 24.5 Å². The third-order valence-corrected chi connectivity index (χ3v) is 3.71. The second kappa shape index (κ2) is 7.47. The van der Waals surface area contributed by atoms with Gasteiger partial charge in [-0.1, -0.05) is 6.08 Å². The molecule has 9 nitrogen and oxygen atoms in total. The zero-order chi connectivity index (χ0) is 18.6. The average molecular weight is 361 g/mol. The van der Waals surface area contributed by atoms with Crippen molar-refractivity contribution >= 4 is 17.8 Å². The molecule has 0 aromatic rings. The molecule has 2 heterocycles. The molecule has 11 heteroatoms. The van der Waals surface area contributed by atoms with Crippen molar-refractivity contribution in [3.8, 4) is 0 Å². The van der Waals surface area contributed by atoms with Crippen LogP contribution in [0.15, 0.2) is 23.6 Å². The molecule has 2 aliphatic rings. The first-order valence-electron chi connectivity index (χ1n) is 7.25. The Morgan fingerprint density at radius 1 is 1.48 bits per heavy atom. The van der Waals surface area contributed by atoms with Gasteiger partial charge in [-0.25, -0.2) is 13.6 Å². The van der Waals surface area contributed by atoms with Crippen LogP contribution in [0.3, 0.4) is 0 Å². The number of alkyl halides is 2. The molecule has 2 aliphatic heterocycles. The van der Waals surface area contributed by atoms with Crippen LogP contribution < -0.4 is 11.3 Å². The summed E-state index contributed by atoms with van der Waals surface area (Å²) in [5.74, 6) is 0.323. The van der Waals surface area contributed by atoms with Gasteiger partial charge in [0.05, 0.1) is 13.2 Å². The van der Waals surface area contributed by atoms with Crippen LogP contribution in [-0.4, -0.2) is 55.2 Å². The van der Waals surface area contributed by atoms with Gasteiger partial charge in [0.15, 0.2) is 5.70 Å². The monoisotopic (exact) mass is 361 g/mol. The topological polar surface area (TPSA) is 120 Å². The van der Waals surface area contributed by atoms with Crippen molar-refractivity contribution < 1.29 is 37.4 Å². The van der Waals surface area contributed by atoms with Crippen molar-refractivity contribution in [1.29, 1.82) is 0 Å². The summed E-state index contributed by atoms with van der Waals surface area (Å²) < 4.78 is 40.9. The number of methoxy groups -OCH3 is 1. The van der Waals surface area contributed by atoms with Crippen molar-refractivity contribution in [2.75, 3.05) is 20.4 Å². The van der Waals surface area contributed by atoms with Crippen molar-refractivity contribution in [1.82, 2.24) is 10.3 Å². The summed E-state index contributed by atoms with van der Waals surface area (Å²) in [7, 11) is 1.08. The lowest BCUT2D eigenvalue weighted by Gasteiger charge is -2.38. The molecule has 1 amide bonds. The lowest BCUT2D eigenvalue weighted by Crippen LogP contribution is -2.52. The fourth-order valence-electron chi connectivity index (χ4n) is 2.50. The number of nitrogens with one attached hydrogen (secondary N) is 1. The van der Waals surface area contributed by atoms with Gasteiger partial charge in [-0.05, 0) is 6.08 Å². The van der Waals surface area contributed by atoms with E-state index < -0.39 is 60.9 Å². The predicted molar refractivity (Wildman–Crippen MR) is 77.6 cm³/mol. The lowest BCUT2D eigenvalue weighted by atomic mass is 9.96. The number of piperidine rings is 1. The number of hydrazine groups is 1. The SMILES string of the molecule is COC(=O)OCO/C1=C(/NN)C(=O)N2CCC(F)(F)C[C@H]2/C=C\C1=O. The standard InChI is InChI=1S/C14H17F2N3O6/c1-23-13(22)25-7-24-11-9(20)3-2-8-6-14(15,16)4-5-19(8)12(21)10(11)18-17/h2-3,8,18H,4-7,17H2,1H3/b3-2-,11-10+/t8-/m1/s1. The molecule has 138 valence electrons. The number of ketones is 1. The smallest absolute Gasteiger partial charge is 0.451 e. The van der Waals surface area contributed by atoms with Gasteiger partial charge in [0.25, 0.3) is 11.8 Å². The number of ether oxygens (including phenoxy) is 3. The summed E-state index contributed by atoms with van der Waals surface area (Å²) in [5, 5.41) is 0. The summed E-state index contributed by atoms with van der Waals surface area (Å²) in [6.07, 6.45) is 0.0707. The van der Waals surface area contributed by atoms with Crippen molar-refractivity contribution in [2.45, 2.75) is 24.8 Å². The Balaban J connectivity index is 2.25. The van der Waals surface area contributed by atoms with E-state index in [0.717, 1.165) is 13.2 Å². The number of amides is 1. The van der Waals surface area contributed by atoms with E-state index in [9.17, 15) is 23.2 Å². The number of hydrogen-bond donors (Lipinski definition) is 2. The highest BCUT2D eigenvalue weighted by molar-refractivity contribution is 6.09. The zero-order valence-corrected chi connectivity index (χ0v) is 13.3. The Morgan fingerprint density at radius 3 is 2.84 bits per heavy atom. The lowest BCUT2D eigenvalue weighted by molar-refractivity contribution is -0.138. The third-order valence-electron chi connectivity index (χ3n) is 3.71. The van der Waals surface area contributed by atoms with E-state index in [1.807, 2.05) is 0 Å². The van der Waals surface area contributed by atoms with E-state index in [-0.39, 0.29) is 6.54 Å². The highest BCUT2D eigenvalue weighted by Crippen LogP contribution is 2.33. The molecule has 0 saturated carbocycles. The minimum atomic E-state index is -2.93. The maximum Gasteiger partial charge on any atom is 0.510 e. The van der Waals surface area contributed by atoms with E-state index in [2.05, 4.69) is 14.9 Å². The van der Waals surface area contributed by atoms with Gasteiger partial charge in [-0.15, -0.1) is 0 Å². The zero-order valence-electron chi connectivity index (χ0n) is 13.3. The van der Waals surface area contributed by atoms with E-state index in [4.69, 9.17) is 10.6 Å². The first-order valence-corrected chi connectivity index (χ1v) is 7.25. The van der Waals surface area contributed by atoms with Crippen molar-refractivity contribution in [3.05, 3.63) is 23.6 Å². The van der Waals surface area contributed by atoms with Gasteiger partial charge in [0.1, 0.15) is 0 Å². The van der Waals surface area contributed by atoms with Crippen molar-refractivity contribution in [3.63, 3.8) is 0 Å². The number of fused-ring (bicyclic) bond motifs is 1. The number of rotatable bonds is 4. The molecule has 1 fully saturated rings. The van der Waals surface area contributed by atoms with Crippen LogP contribution in [0.1, 0.15) is 12.8 Å². The number of halogens is 2. The summed E-state index contributed by atoms with van der Waals surface area (Å²) in [4.78, 5) is 36.8. The van der Waals surface area contributed by atoms with E-state index in [1.54, 1.807) is 0 Å². The van der Waals surface area contributed by atoms with E-state index >= 15 is 0 Å². The van der Waals surface area contributed by atoms with Gasteiger partial charge in [0, 0.05) is 19.4 Å². The molecule has 0 bridgehead atoms. The van der Waals surface area contributed by atoms with Gasteiger partial charge in [-0.3, -0.25) is 15.4 Å². The quantitative estimate of drug-likeness (QED) is 0.315. The molecule has 2 rings (SSSR count). The fraction of sp³-hybridized carbons (Fsp3) is 0.500. The van der Waals surface area contributed by atoms with Crippen molar-refractivity contribution in [2.24, 2.45) is 5.84 Å². The predicted octanol–water partition coefficient (Wildman–Crippen LogP) is 0.184.